The van der Waals surface area contributed by atoms with E-state index in [-0.39, 0.29) is 5.91 Å². The van der Waals surface area contributed by atoms with Gasteiger partial charge in [0.1, 0.15) is 12.4 Å². The molecule has 2 N–H and O–H groups in total. The van der Waals surface area contributed by atoms with Crippen molar-refractivity contribution in [2.75, 3.05) is 27.2 Å². The second-order valence-corrected chi connectivity index (χ2v) is 7.08. The minimum atomic E-state index is -0.161. The molecule has 2 rings (SSSR count). The molecule has 1 amide bonds. The molecule has 0 spiro atoms. The highest BCUT2D eigenvalue weighted by Gasteiger charge is 2.15. The van der Waals surface area contributed by atoms with Crippen LogP contribution in [0.2, 0.25) is 5.02 Å². The summed E-state index contributed by atoms with van der Waals surface area (Å²) in [4.78, 5) is 13.9. The van der Waals surface area contributed by atoms with Gasteiger partial charge in [0.2, 0.25) is 0 Å². The number of rotatable bonds is 8. The third kappa shape index (κ3) is 6.40. The molecule has 0 aromatic heterocycles. The molecule has 0 aliphatic heterocycles. The summed E-state index contributed by atoms with van der Waals surface area (Å²) in [6, 6.07) is 15.0. The van der Waals surface area contributed by atoms with Crippen molar-refractivity contribution in [1.29, 1.82) is 0 Å². The highest BCUT2D eigenvalue weighted by molar-refractivity contribution is 6.31. The molecule has 0 saturated carbocycles. The van der Waals surface area contributed by atoms with Crippen LogP contribution in [0.25, 0.3) is 0 Å². The number of halogens is 1. The van der Waals surface area contributed by atoms with E-state index in [1.807, 2.05) is 30.3 Å². The molecule has 0 radical (unpaired) electrons. The first-order valence-electron chi connectivity index (χ1n) is 8.49. The molecule has 0 bridgehead atoms. The Morgan fingerprint density at radius 3 is 2.60 bits per heavy atom. The maximum Gasteiger partial charge on any atom is 0.255 e. The highest BCUT2D eigenvalue weighted by Crippen LogP contribution is 2.24. The zero-order valence-corrected chi connectivity index (χ0v) is 15.8. The lowest BCUT2D eigenvalue weighted by atomic mass is 10.1. The van der Waals surface area contributed by atoms with Gasteiger partial charge in [-0.25, -0.2) is 0 Å². The first-order valence-corrected chi connectivity index (χ1v) is 8.87. The predicted molar refractivity (Wildman–Crippen MR) is 101 cm³/mol. The monoisotopic (exact) mass is 361 g/mol. The number of nitrogens with one attached hydrogen (secondary N) is 2. The Kier molecular flexibility index (Phi) is 7.29. The van der Waals surface area contributed by atoms with E-state index in [2.05, 4.69) is 26.3 Å². The van der Waals surface area contributed by atoms with Crippen molar-refractivity contribution in [3.63, 3.8) is 0 Å². The number of hydrogen-bond donors (Lipinski definition) is 2. The Balaban J connectivity index is 2.03. The molecule has 2 aromatic rings. The summed E-state index contributed by atoms with van der Waals surface area (Å²) in [7, 11) is 4.20. The maximum absolute atomic E-state index is 12.6. The van der Waals surface area contributed by atoms with E-state index < -0.39 is 0 Å². The second kappa shape index (κ2) is 9.44. The molecule has 0 saturated heterocycles. The molecule has 0 fully saturated rings. The summed E-state index contributed by atoms with van der Waals surface area (Å²) in [5.41, 5.74) is 1.51. The molecule has 0 aliphatic rings. The summed E-state index contributed by atoms with van der Waals surface area (Å²) in [6.07, 6.45) is 0. The Morgan fingerprint density at radius 2 is 1.92 bits per heavy atom. The van der Waals surface area contributed by atoms with E-state index >= 15 is 0 Å². The molecule has 0 heterocycles. The fraction of sp³-hybridized carbons (Fsp3) is 0.350. The summed E-state index contributed by atoms with van der Waals surface area (Å²) in [6.45, 7) is 4.14. The van der Waals surface area contributed by atoms with Crippen molar-refractivity contribution >= 4 is 17.5 Å². The van der Waals surface area contributed by atoms with Gasteiger partial charge in [-0.2, -0.15) is 0 Å². The van der Waals surface area contributed by atoms with E-state index in [0.717, 1.165) is 12.1 Å². The van der Waals surface area contributed by atoms with Crippen LogP contribution in [0.3, 0.4) is 0 Å². The quantitative estimate of drug-likeness (QED) is 0.758. The van der Waals surface area contributed by atoms with Crippen LogP contribution in [0.15, 0.2) is 48.5 Å². The lowest BCUT2D eigenvalue weighted by molar-refractivity contribution is -0.861. The third-order valence-electron chi connectivity index (χ3n) is 3.79. The molecule has 0 aliphatic carbocycles. The van der Waals surface area contributed by atoms with Crippen LogP contribution < -0.4 is 15.0 Å². The van der Waals surface area contributed by atoms with E-state index in [9.17, 15) is 4.79 Å². The standard InChI is InChI=1S/C20H25ClN2O2/c1-15(13-23(2)3)12-22-20(24)18-11-17(21)9-10-19(18)25-14-16-7-5-4-6-8-16/h4-11,15H,12-14H2,1-3H3,(H,22,24)/p+1. The Bertz CT molecular complexity index is 689. The molecule has 4 nitrogen and oxygen atoms in total. The molecule has 5 heteroatoms. The molecular formula is C20H26ClN2O2+. The highest BCUT2D eigenvalue weighted by atomic mass is 35.5. The molecule has 1 unspecified atom stereocenters. The first-order chi connectivity index (χ1) is 12.0. The normalized spacial score (nSPS) is 12.0. The molecule has 25 heavy (non-hydrogen) atoms. The van der Waals surface area contributed by atoms with E-state index in [1.165, 1.54) is 4.90 Å². The van der Waals surface area contributed by atoms with Crippen LogP contribution in [0.4, 0.5) is 0 Å². The minimum Gasteiger partial charge on any atom is -0.488 e. The van der Waals surface area contributed by atoms with E-state index in [0.29, 0.717) is 35.4 Å². The Hall–Kier alpha value is -2.04. The van der Waals surface area contributed by atoms with Crippen molar-refractivity contribution in [3.05, 3.63) is 64.7 Å². The lowest BCUT2D eigenvalue weighted by Crippen LogP contribution is -3.06. The number of carbonyl (C=O) groups excluding carboxylic acids is 1. The van der Waals surface area contributed by atoms with Crippen molar-refractivity contribution in [2.24, 2.45) is 5.92 Å². The number of amides is 1. The summed E-state index contributed by atoms with van der Waals surface area (Å²) in [5.74, 6) is 0.768. The fourth-order valence-corrected chi connectivity index (χ4v) is 2.84. The number of ether oxygens (including phenoxy) is 1. The average Bonchev–Trinajstić information content (AvgIpc) is 2.59. The van der Waals surface area contributed by atoms with Gasteiger partial charge in [-0.05, 0) is 23.8 Å². The van der Waals surface area contributed by atoms with Gasteiger partial charge in [-0.15, -0.1) is 0 Å². The van der Waals surface area contributed by atoms with Crippen LogP contribution in [-0.2, 0) is 6.61 Å². The number of carbonyl (C=O) groups is 1. The van der Waals surface area contributed by atoms with Crippen molar-refractivity contribution < 1.29 is 14.4 Å². The van der Waals surface area contributed by atoms with Gasteiger partial charge in [0, 0.05) is 17.5 Å². The maximum atomic E-state index is 12.6. The molecule has 1 atom stereocenters. The molecule has 2 aromatic carbocycles. The largest absolute Gasteiger partial charge is 0.488 e. The summed E-state index contributed by atoms with van der Waals surface area (Å²) in [5, 5.41) is 3.50. The number of quaternary nitrogens is 1. The van der Waals surface area contributed by atoms with Crippen LogP contribution in [0.1, 0.15) is 22.8 Å². The van der Waals surface area contributed by atoms with Gasteiger partial charge in [-0.3, -0.25) is 4.79 Å². The van der Waals surface area contributed by atoms with Gasteiger partial charge in [-0.1, -0.05) is 48.9 Å². The lowest BCUT2D eigenvalue weighted by Gasteiger charge is -2.16. The fourth-order valence-electron chi connectivity index (χ4n) is 2.67. The summed E-state index contributed by atoms with van der Waals surface area (Å²) < 4.78 is 5.85. The van der Waals surface area contributed by atoms with Crippen molar-refractivity contribution in [2.45, 2.75) is 13.5 Å². The van der Waals surface area contributed by atoms with E-state index in [4.69, 9.17) is 16.3 Å². The Morgan fingerprint density at radius 1 is 1.20 bits per heavy atom. The van der Waals surface area contributed by atoms with Crippen LogP contribution >= 0.6 is 11.6 Å². The van der Waals surface area contributed by atoms with E-state index in [1.54, 1.807) is 18.2 Å². The van der Waals surface area contributed by atoms with Crippen molar-refractivity contribution in [1.82, 2.24) is 5.32 Å². The zero-order valence-electron chi connectivity index (χ0n) is 15.0. The molecular weight excluding hydrogens is 336 g/mol. The zero-order chi connectivity index (χ0) is 18.2. The van der Waals surface area contributed by atoms with Crippen molar-refractivity contribution in [3.8, 4) is 5.75 Å². The van der Waals surface area contributed by atoms with Gasteiger partial charge < -0.3 is 15.0 Å². The SMILES string of the molecule is CC(CNC(=O)c1cc(Cl)ccc1OCc1ccccc1)C[NH+](C)C. The first kappa shape index (κ1) is 19.3. The van der Waals surface area contributed by atoms with Gasteiger partial charge in [0.15, 0.2) is 0 Å². The van der Waals surface area contributed by atoms with Crippen LogP contribution in [0.5, 0.6) is 5.75 Å². The average molecular weight is 362 g/mol. The number of benzene rings is 2. The molecule has 134 valence electrons. The van der Waals surface area contributed by atoms with Gasteiger partial charge in [0.05, 0.1) is 26.2 Å². The third-order valence-corrected chi connectivity index (χ3v) is 4.03. The van der Waals surface area contributed by atoms with Gasteiger partial charge in [0.25, 0.3) is 5.91 Å². The topological polar surface area (TPSA) is 42.8 Å². The van der Waals surface area contributed by atoms with Crippen LogP contribution in [-0.4, -0.2) is 33.1 Å². The number of hydrogen-bond acceptors (Lipinski definition) is 2. The van der Waals surface area contributed by atoms with Crippen LogP contribution in [0, 0.1) is 5.92 Å². The minimum absolute atomic E-state index is 0.161. The van der Waals surface area contributed by atoms with Gasteiger partial charge >= 0.3 is 0 Å². The Labute approximate surface area is 154 Å². The smallest absolute Gasteiger partial charge is 0.255 e. The summed E-state index contributed by atoms with van der Waals surface area (Å²) >= 11 is 6.07. The predicted octanol–water partition coefficient (Wildman–Crippen LogP) is 2.43. The second-order valence-electron chi connectivity index (χ2n) is 6.64.